The highest BCUT2D eigenvalue weighted by Crippen LogP contribution is 2.39. The molecule has 2 aromatic rings. The molecule has 6 nitrogen and oxygen atoms in total. The van der Waals surface area contributed by atoms with Gasteiger partial charge in [-0.15, -0.1) is 0 Å². The first kappa shape index (κ1) is 14.2. The van der Waals surface area contributed by atoms with Gasteiger partial charge in [0.15, 0.2) is 29.5 Å². The molecule has 0 saturated heterocycles. The van der Waals surface area contributed by atoms with Gasteiger partial charge in [0.25, 0.3) is 0 Å². The van der Waals surface area contributed by atoms with Gasteiger partial charge in [-0.05, 0) is 29.8 Å². The van der Waals surface area contributed by atoms with Crippen LogP contribution in [0.2, 0.25) is 0 Å². The van der Waals surface area contributed by atoms with Crippen LogP contribution < -0.4 is 4.74 Å². The molecule has 0 aromatic heterocycles. The van der Waals surface area contributed by atoms with Crippen LogP contribution in [0.1, 0.15) is 22.0 Å². The fourth-order valence-electron chi connectivity index (χ4n) is 2.49. The lowest BCUT2D eigenvalue weighted by Crippen LogP contribution is -2.37. The molecule has 3 rings (SSSR count). The zero-order chi connectivity index (χ0) is 15.9. The maximum atomic E-state index is 12.5. The largest absolute Gasteiger partial charge is 0.508 e. The fraction of sp³-hybridized carbons (Fsp3) is 0.188. The van der Waals surface area contributed by atoms with Gasteiger partial charge >= 0.3 is 0 Å². The number of hydrogen-bond acceptors (Lipinski definition) is 6. The molecular formula is C16H14O6. The maximum Gasteiger partial charge on any atom is 0.199 e. The zero-order valence-corrected chi connectivity index (χ0v) is 11.7. The number of carbonyl (C=O) groups excluding carboxylic acids is 1. The van der Waals surface area contributed by atoms with Crippen LogP contribution in [-0.4, -0.2) is 34.3 Å². The van der Waals surface area contributed by atoms with Crippen LogP contribution in [0, 0.1) is 0 Å². The lowest BCUT2D eigenvalue weighted by atomic mass is 9.93. The van der Waals surface area contributed by atoms with E-state index in [1.54, 1.807) is 0 Å². The summed E-state index contributed by atoms with van der Waals surface area (Å²) >= 11 is 0. The molecule has 2 atom stereocenters. The van der Waals surface area contributed by atoms with Crippen LogP contribution in [0.3, 0.4) is 0 Å². The molecule has 3 N–H and O–H groups in total. The number of phenolic OH excluding ortho intramolecular Hbond substituents is 3. The van der Waals surface area contributed by atoms with Crippen molar-refractivity contribution in [3.8, 4) is 23.0 Å². The molecule has 0 spiro atoms. The van der Waals surface area contributed by atoms with Crippen molar-refractivity contribution in [3.05, 3.63) is 47.5 Å². The number of aromatic hydroxyl groups is 3. The third-order valence-electron chi connectivity index (χ3n) is 3.60. The van der Waals surface area contributed by atoms with Crippen molar-refractivity contribution in [2.45, 2.75) is 12.2 Å². The Hall–Kier alpha value is -2.73. The number of hydrogen-bond donors (Lipinski definition) is 3. The summed E-state index contributed by atoms with van der Waals surface area (Å²) in [7, 11) is 1.39. The molecule has 1 heterocycles. The molecule has 0 radical (unpaired) electrons. The summed E-state index contributed by atoms with van der Waals surface area (Å²) in [5, 5.41) is 28.6. The summed E-state index contributed by atoms with van der Waals surface area (Å²) in [5.41, 5.74) is 0.799. The van der Waals surface area contributed by atoms with Gasteiger partial charge in [0.05, 0.1) is 5.56 Å². The Morgan fingerprint density at radius 3 is 2.50 bits per heavy atom. The van der Waals surface area contributed by atoms with Gasteiger partial charge in [0.1, 0.15) is 11.5 Å². The van der Waals surface area contributed by atoms with Gasteiger partial charge in [0.2, 0.25) is 0 Å². The van der Waals surface area contributed by atoms with Crippen molar-refractivity contribution in [2.75, 3.05) is 7.11 Å². The number of ether oxygens (including phenoxy) is 2. The number of rotatable bonds is 2. The monoisotopic (exact) mass is 302 g/mol. The van der Waals surface area contributed by atoms with E-state index in [2.05, 4.69) is 0 Å². The molecule has 2 unspecified atom stereocenters. The van der Waals surface area contributed by atoms with Gasteiger partial charge in [-0.2, -0.15) is 0 Å². The predicted molar refractivity (Wildman–Crippen MR) is 76.4 cm³/mol. The maximum absolute atomic E-state index is 12.5. The Kier molecular flexibility index (Phi) is 3.38. The van der Waals surface area contributed by atoms with Crippen LogP contribution in [0.4, 0.5) is 0 Å². The molecule has 0 saturated carbocycles. The molecular weight excluding hydrogens is 288 g/mol. The SMILES string of the molecule is COC1C(=O)c2ccc(O)cc2OC1c1ccc(O)c(O)c1. The molecule has 0 amide bonds. The van der Waals surface area contributed by atoms with E-state index in [0.29, 0.717) is 11.1 Å². The molecule has 2 aromatic carbocycles. The first-order valence-electron chi connectivity index (χ1n) is 6.60. The Morgan fingerprint density at radius 2 is 1.82 bits per heavy atom. The topological polar surface area (TPSA) is 96.2 Å². The third kappa shape index (κ3) is 2.23. The number of ketones is 1. The highest BCUT2D eigenvalue weighted by atomic mass is 16.5. The standard InChI is InChI=1S/C16H14O6/c1-21-16-14(20)10-4-3-9(17)7-13(10)22-15(16)8-2-5-11(18)12(19)6-8/h2-7,15-19H,1H3. The van der Waals surface area contributed by atoms with Crippen molar-refractivity contribution in [1.82, 2.24) is 0 Å². The lowest BCUT2D eigenvalue weighted by Gasteiger charge is -2.32. The van der Waals surface area contributed by atoms with E-state index in [0.717, 1.165) is 0 Å². The van der Waals surface area contributed by atoms with Crippen molar-refractivity contribution in [1.29, 1.82) is 0 Å². The smallest absolute Gasteiger partial charge is 0.199 e. The molecule has 0 fully saturated rings. The average Bonchev–Trinajstić information content (AvgIpc) is 2.49. The van der Waals surface area contributed by atoms with E-state index in [1.807, 2.05) is 0 Å². The Balaban J connectivity index is 2.07. The minimum absolute atomic E-state index is 0.0188. The summed E-state index contributed by atoms with van der Waals surface area (Å²) in [4.78, 5) is 12.5. The zero-order valence-electron chi connectivity index (χ0n) is 11.7. The van der Waals surface area contributed by atoms with E-state index in [9.17, 15) is 20.1 Å². The van der Waals surface area contributed by atoms with E-state index >= 15 is 0 Å². The molecule has 22 heavy (non-hydrogen) atoms. The molecule has 1 aliphatic heterocycles. The highest BCUT2D eigenvalue weighted by molar-refractivity contribution is 6.03. The van der Waals surface area contributed by atoms with Gasteiger partial charge in [-0.25, -0.2) is 0 Å². The molecule has 1 aliphatic rings. The molecule has 0 bridgehead atoms. The average molecular weight is 302 g/mol. The van der Waals surface area contributed by atoms with Crippen molar-refractivity contribution < 1.29 is 29.6 Å². The van der Waals surface area contributed by atoms with E-state index in [4.69, 9.17) is 9.47 Å². The Morgan fingerprint density at radius 1 is 1.05 bits per heavy atom. The second-order valence-electron chi connectivity index (χ2n) is 4.99. The Bertz CT molecular complexity index is 739. The van der Waals surface area contributed by atoms with E-state index < -0.39 is 12.2 Å². The second-order valence-corrected chi connectivity index (χ2v) is 4.99. The van der Waals surface area contributed by atoms with Crippen LogP contribution in [0.25, 0.3) is 0 Å². The molecule has 0 aliphatic carbocycles. The van der Waals surface area contributed by atoms with Crippen LogP contribution in [0.15, 0.2) is 36.4 Å². The summed E-state index contributed by atoms with van der Waals surface area (Å²) in [6.07, 6.45) is -1.68. The van der Waals surface area contributed by atoms with Crippen molar-refractivity contribution >= 4 is 5.78 Å². The van der Waals surface area contributed by atoms with Crippen LogP contribution in [0.5, 0.6) is 23.0 Å². The lowest BCUT2D eigenvalue weighted by molar-refractivity contribution is -0.000757. The first-order chi connectivity index (χ1) is 10.5. The van der Waals surface area contributed by atoms with Crippen LogP contribution in [-0.2, 0) is 4.74 Å². The number of carbonyl (C=O) groups is 1. The number of phenols is 3. The number of Topliss-reactive ketones (excluding diaryl/α,β-unsaturated/α-hetero) is 1. The van der Waals surface area contributed by atoms with Crippen LogP contribution >= 0.6 is 0 Å². The van der Waals surface area contributed by atoms with E-state index in [-0.39, 0.29) is 28.8 Å². The van der Waals surface area contributed by atoms with Gasteiger partial charge in [-0.3, -0.25) is 4.79 Å². The van der Waals surface area contributed by atoms with Crippen molar-refractivity contribution in [3.63, 3.8) is 0 Å². The minimum atomic E-state index is -0.888. The Labute approximate surface area is 126 Å². The van der Waals surface area contributed by atoms with Gasteiger partial charge < -0.3 is 24.8 Å². The van der Waals surface area contributed by atoms with Crippen molar-refractivity contribution in [2.24, 2.45) is 0 Å². The second kappa shape index (κ2) is 5.23. The normalized spacial score (nSPS) is 20.3. The quantitative estimate of drug-likeness (QED) is 0.735. The fourth-order valence-corrected chi connectivity index (χ4v) is 2.49. The summed E-state index contributed by atoms with van der Waals surface area (Å²) in [6, 6.07) is 8.39. The number of benzene rings is 2. The third-order valence-corrected chi connectivity index (χ3v) is 3.60. The first-order valence-corrected chi connectivity index (χ1v) is 6.60. The summed E-state index contributed by atoms with van der Waals surface area (Å²) in [6.45, 7) is 0. The van der Waals surface area contributed by atoms with Gasteiger partial charge in [-0.1, -0.05) is 6.07 Å². The minimum Gasteiger partial charge on any atom is -0.508 e. The molecule has 114 valence electrons. The number of fused-ring (bicyclic) bond motifs is 1. The summed E-state index contributed by atoms with van der Waals surface area (Å²) < 4.78 is 11.0. The number of methoxy groups -OCH3 is 1. The van der Waals surface area contributed by atoms with E-state index in [1.165, 1.54) is 43.5 Å². The van der Waals surface area contributed by atoms with Gasteiger partial charge in [0, 0.05) is 13.2 Å². The predicted octanol–water partition coefficient (Wildman–Crippen LogP) is 2.13. The molecule has 6 heteroatoms. The summed E-state index contributed by atoms with van der Waals surface area (Å²) in [5.74, 6) is -0.630. The highest BCUT2D eigenvalue weighted by Gasteiger charge is 2.38.